The molecule has 0 saturated heterocycles. The van der Waals surface area contributed by atoms with Gasteiger partial charge in [-0.15, -0.1) is 11.3 Å². The Hall–Kier alpha value is -3.38. The van der Waals surface area contributed by atoms with Gasteiger partial charge in [-0.1, -0.05) is 0 Å². The van der Waals surface area contributed by atoms with Crippen molar-refractivity contribution in [1.82, 2.24) is 5.43 Å². The number of aryl methyl sites for hydroxylation is 1. The molecule has 0 fully saturated rings. The third kappa shape index (κ3) is 4.55. The molecular formula is C20H20N4O4S. The second-order valence-electron chi connectivity index (χ2n) is 6.29. The fourth-order valence-corrected chi connectivity index (χ4v) is 4.32. The van der Waals surface area contributed by atoms with E-state index in [0.717, 1.165) is 36.1 Å². The second-order valence-corrected chi connectivity index (χ2v) is 7.40. The Kier molecular flexibility index (Phi) is 6.46. The molecule has 29 heavy (non-hydrogen) atoms. The lowest BCUT2D eigenvalue weighted by molar-refractivity contribution is -0.136. The molecule has 9 heteroatoms. The Bertz CT molecular complexity index is 1010. The summed E-state index contributed by atoms with van der Waals surface area (Å²) in [5.41, 5.74) is 4.29. The number of fused-ring (bicyclic) bond motifs is 1. The Morgan fingerprint density at radius 1 is 1.17 bits per heavy atom. The van der Waals surface area contributed by atoms with Crippen molar-refractivity contribution in [1.29, 1.82) is 5.26 Å². The van der Waals surface area contributed by atoms with E-state index in [9.17, 15) is 14.9 Å². The number of methoxy groups -OCH3 is 2. The maximum Gasteiger partial charge on any atom is 0.329 e. The molecule has 0 radical (unpaired) electrons. The fourth-order valence-electron chi connectivity index (χ4n) is 3.08. The van der Waals surface area contributed by atoms with E-state index in [1.165, 1.54) is 31.8 Å². The molecule has 1 aromatic heterocycles. The molecular weight excluding hydrogens is 392 g/mol. The summed E-state index contributed by atoms with van der Waals surface area (Å²) in [5, 5.41) is 16.2. The summed E-state index contributed by atoms with van der Waals surface area (Å²) < 4.78 is 10.4. The molecule has 0 bridgehead atoms. The molecule has 8 nitrogen and oxygen atoms in total. The van der Waals surface area contributed by atoms with Crippen molar-refractivity contribution in [2.75, 3.05) is 19.5 Å². The molecule has 2 amide bonds. The van der Waals surface area contributed by atoms with E-state index in [1.54, 1.807) is 18.2 Å². The molecule has 1 aliphatic carbocycles. The van der Waals surface area contributed by atoms with Gasteiger partial charge in [0.2, 0.25) is 0 Å². The predicted molar refractivity (Wildman–Crippen MR) is 110 cm³/mol. The monoisotopic (exact) mass is 412 g/mol. The van der Waals surface area contributed by atoms with Crippen molar-refractivity contribution in [2.45, 2.75) is 25.7 Å². The molecule has 1 aliphatic rings. The van der Waals surface area contributed by atoms with E-state index < -0.39 is 11.8 Å². The van der Waals surface area contributed by atoms with Gasteiger partial charge < -0.3 is 14.8 Å². The number of nitrogens with one attached hydrogen (secondary N) is 2. The minimum Gasteiger partial charge on any atom is -0.493 e. The van der Waals surface area contributed by atoms with E-state index >= 15 is 0 Å². The number of thiophene rings is 1. The average Bonchev–Trinajstić information content (AvgIpc) is 3.10. The summed E-state index contributed by atoms with van der Waals surface area (Å²) in [6, 6.07) is 7.26. The smallest absolute Gasteiger partial charge is 0.329 e. The van der Waals surface area contributed by atoms with Crippen LogP contribution in [0.1, 0.15) is 34.4 Å². The predicted octanol–water partition coefficient (Wildman–Crippen LogP) is 2.60. The summed E-state index contributed by atoms with van der Waals surface area (Å²) in [5.74, 6) is -0.701. The number of nitrogens with zero attached hydrogens (tertiary/aromatic N) is 2. The summed E-state index contributed by atoms with van der Waals surface area (Å²) in [6.07, 6.45) is 5.20. The normalized spacial score (nSPS) is 12.7. The van der Waals surface area contributed by atoms with Crippen LogP contribution in [-0.2, 0) is 22.4 Å². The van der Waals surface area contributed by atoms with Crippen molar-refractivity contribution < 1.29 is 19.1 Å². The van der Waals surface area contributed by atoms with Gasteiger partial charge in [-0.25, -0.2) is 5.43 Å². The van der Waals surface area contributed by atoms with Crippen molar-refractivity contribution in [3.8, 4) is 17.6 Å². The molecule has 2 N–H and O–H groups in total. The first-order chi connectivity index (χ1) is 14.1. The third-order valence-corrected chi connectivity index (χ3v) is 5.71. The highest BCUT2D eigenvalue weighted by Crippen LogP contribution is 2.37. The van der Waals surface area contributed by atoms with Gasteiger partial charge in [0.25, 0.3) is 0 Å². The lowest BCUT2D eigenvalue weighted by Gasteiger charge is -2.09. The number of hydrogen-bond acceptors (Lipinski definition) is 7. The van der Waals surface area contributed by atoms with Crippen LogP contribution in [0.3, 0.4) is 0 Å². The number of rotatable bonds is 5. The van der Waals surface area contributed by atoms with Crippen LogP contribution in [0, 0.1) is 11.3 Å². The average molecular weight is 412 g/mol. The Balaban J connectivity index is 1.63. The van der Waals surface area contributed by atoms with Gasteiger partial charge in [-0.3, -0.25) is 9.59 Å². The van der Waals surface area contributed by atoms with Crippen LogP contribution in [0.5, 0.6) is 11.5 Å². The van der Waals surface area contributed by atoms with Gasteiger partial charge in [0.15, 0.2) is 11.5 Å². The highest BCUT2D eigenvalue weighted by atomic mass is 32.1. The van der Waals surface area contributed by atoms with E-state index in [-0.39, 0.29) is 0 Å². The highest BCUT2D eigenvalue weighted by molar-refractivity contribution is 7.16. The molecule has 150 valence electrons. The SMILES string of the molecule is COc1ccc(/C=N/NC(=O)C(=O)Nc2sc3c(c2C#N)CCCC3)cc1OC. The Morgan fingerprint density at radius 3 is 2.66 bits per heavy atom. The van der Waals surface area contributed by atoms with Gasteiger partial charge in [-0.2, -0.15) is 10.4 Å². The fraction of sp³-hybridized carbons (Fsp3) is 0.300. The lowest BCUT2D eigenvalue weighted by atomic mass is 9.96. The first-order valence-corrected chi connectivity index (χ1v) is 9.80. The zero-order valence-corrected chi connectivity index (χ0v) is 16.9. The Labute approximate surface area is 172 Å². The number of carbonyl (C=O) groups excluding carboxylic acids is 2. The van der Waals surface area contributed by atoms with Gasteiger partial charge >= 0.3 is 11.8 Å². The van der Waals surface area contributed by atoms with E-state index in [0.29, 0.717) is 27.6 Å². The lowest BCUT2D eigenvalue weighted by Crippen LogP contribution is -2.32. The first kappa shape index (κ1) is 20.4. The molecule has 0 aliphatic heterocycles. The summed E-state index contributed by atoms with van der Waals surface area (Å²) in [6.45, 7) is 0. The van der Waals surface area contributed by atoms with Gasteiger partial charge in [-0.05, 0) is 55.0 Å². The van der Waals surface area contributed by atoms with Crippen LogP contribution in [0.4, 0.5) is 5.00 Å². The van der Waals surface area contributed by atoms with Crippen molar-refractivity contribution in [3.63, 3.8) is 0 Å². The molecule has 3 rings (SSSR count). The number of carbonyl (C=O) groups is 2. The standard InChI is InChI=1S/C20H20N4O4S/c1-27-15-8-7-12(9-16(15)28-2)11-22-24-19(26)18(25)23-20-14(10-21)13-5-3-4-6-17(13)29-20/h7-9,11H,3-6H2,1-2H3,(H,23,25)(H,24,26)/b22-11+. The summed E-state index contributed by atoms with van der Waals surface area (Å²) in [7, 11) is 3.05. The third-order valence-electron chi connectivity index (χ3n) is 4.50. The van der Waals surface area contributed by atoms with Gasteiger partial charge in [0.1, 0.15) is 11.1 Å². The van der Waals surface area contributed by atoms with Crippen LogP contribution >= 0.6 is 11.3 Å². The van der Waals surface area contributed by atoms with Gasteiger partial charge in [0, 0.05) is 4.88 Å². The maximum absolute atomic E-state index is 12.2. The van der Waals surface area contributed by atoms with Crippen LogP contribution in [0.15, 0.2) is 23.3 Å². The molecule has 0 atom stereocenters. The van der Waals surface area contributed by atoms with Crippen molar-refractivity contribution in [3.05, 3.63) is 39.8 Å². The van der Waals surface area contributed by atoms with Crippen LogP contribution in [0.2, 0.25) is 0 Å². The van der Waals surface area contributed by atoms with Crippen LogP contribution < -0.4 is 20.2 Å². The molecule has 2 aromatic rings. The first-order valence-electron chi connectivity index (χ1n) is 8.98. The van der Waals surface area contributed by atoms with Gasteiger partial charge in [0.05, 0.1) is 26.0 Å². The molecule has 1 aromatic carbocycles. The molecule has 0 unspecified atom stereocenters. The van der Waals surface area contributed by atoms with Crippen LogP contribution in [0.25, 0.3) is 0 Å². The molecule has 1 heterocycles. The second kappa shape index (κ2) is 9.21. The van der Waals surface area contributed by atoms with E-state index in [2.05, 4.69) is 21.9 Å². The number of ether oxygens (including phenoxy) is 2. The maximum atomic E-state index is 12.2. The number of amides is 2. The summed E-state index contributed by atoms with van der Waals surface area (Å²) in [4.78, 5) is 25.3. The zero-order valence-electron chi connectivity index (χ0n) is 16.1. The largest absolute Gasteiger partial charge is 0.493 e. The number of hydrogen-bond donors (Lipinski definition) is 2. The number of anilines is 1. The molecule has 0 saturated carbocycles. The highest BCUT2D eigenvalue weighted by Gasteiger charge is 2.23. The topological polar surface area (TPSA) is 113 Å². The van der Waals surface area contributed by atoms with Crippen molar-refractivity contribution >= 4 is 34.4 Å². The molecule has 0 spiro atoms. The van der Waals surface area contributed by atoms with Crippen LogP contribution in [-0.4, -0.2) is 32.2 Å². The Morgan fingerprint density at radius 2 is 1.93 bits per heavy atom. The number of benzene rings is 1. The zero-order chi connectivity index (χ0) is 20.8. The van der Waals surface area contributed by atoms with E-state index in [4.69, 9.17) is 9.47 Å². The number of nitriles is 1. The quantitative estimate of drug-likeness (QED) is 0.445. The number of hydrazone groups is 1. The summed E-state index contributed by atoms with van der Waals surface area (Å²) >= 11 is 1.36. The van der Waals surface area contributed by atoms with E-state index in [1.807, 2.05) is 0 Å². The minimum absolute atomic E-state index is 0.420. The minimum atomic E-state index is -0.919. The van der Waals surface area contributed by atoms with Crippen molar-refractivity contribution in [2.24, 2.45) is 5.10 Å².